The molecular weight excluding hydrogens is 296 g/mol. The molecule has 24 heavy (non-hydrogen) atoms. The van der Waals surface area contributed by atoms with Crippen LogP contribution in [0.3, 0.4) is 0 Å². The highest BCUT2D eigenvalue weighted by atomic mass is 15.2. The quantitative estimate of drug-likeness (QED) is 0.662. The van der Waals surface area contributed by atoms with Gasteiger partial charge in [-0.15, -0.1) is 0 Å². The summed E-state index contributed by atoms with van der Waals surface area (Å²) in [6.07, 6.45) is 1.08. The van der Waals surface area contributed by atoms with Crippen molar-refractivity contribution in [1.82, 2.24) is 9.55 Å². The fourth-order valence-corrected chi connectivity index (χ4v) is 3.09. The fourth-order valence-electron chi connectivity index (χ4n) is 3.09. The van der Waals surface area contributed by atoms with Gasteiger partial charge in [-0.25, -0.2) is 4.98 Å². The number of aryl methyl sites for hydroxylation is 1. The van der Waals surface area contributed by atoms with Crippen molar-refractivity contribution in [3.05, 3.63) is 48.5 Å². The zero-order chi connectivity index (χ0) is 16.9. The minimum absolute atomic E-state index is 0.911. The number of nitrogens with one attached hydrogen (secondary N) is 1. The van der Waals surface area contributed by atoms with Gasteiger partial charge < -0.3 is 14.8 Å². The molecule has 0 bridgehead atoms. The molecule has 0 saturated carbocycles. The van der Waals surface area contributed by atoms with Gasteiger partial charge in [-0.2, -0.15) is 0 Å². The van der Waals surface area contributed by atoms with E-state index in [0.717, 1.165) is 43.2 Å². The van der Waals surface area contributed by atoms with E-state index < -0.39 is 0 Å². The van der Waals surface area contributed by atoms with E-state index in [4.69, 9.17) is 4.98 Å². The Labute approximate surface area is 144 Å². The number of para-hydroxylation sites is 2. The van der Waals surface area contributed by atoms with E-state index >= 15 is 0 Å². The van der Waals surface area contributed by atoms with Gasteiger partial charge >= 0.3 is 0 Å². The lowest BCUT2D eigenvalue weighted by molar-refractivity contribution is 0.705. The minimum Gasteiger partial charge on any atom is -0.372 e. The first-order valence-corrected chi connectivity index (χ1v) is 8.84. The van der Waals surface area contributed by atoms with Crippen molar-refractivity contribution in [1.29, 1.82) is 0 Å². The van der Waals surface area contributed by atoms with Crippen LogP contribution in [0.15, 0.2) is 48.5 Å². The number of fused-ring (bicyclic) bond motifs is 1. The van der Waals surface area contributed by atoms with Gasteiger partial charge in [0, 0.05) is 31.0 Å². The van der Waals surface area contributed by atoms with Crippen LogP contribution < -0.4 is 10.2 Å². The maximum atomic E-state index is 4.76. The van der Waals surface area contributed by atoms with Crippen LogP contribution in [0, 0.1) is 0 Å². The molecule has 4 heteroatoms. The van der Waals surface area contributed by atoms with Crippen LogP contribution in [0.5, 0.6) is 0 Å². The molecule has 0 atom stereocenters. The average Bonchev–Trinajstić information content (AvgIpc) is 2.95. The maximum absolute atomic E-state index is 4.76. The molecule has 0 spiro atoms. The summed E-state index contributed by atoms with van der Waals surface area (Å²) in [5.74, 6) is 0.911. The summed E-state index contributed by atoms with van der Waals surface area (Å²) in [6.45, 7) is 9.56. The lowest BCUT2D eigenvalue weighted by Crippen LogP contribution is -2.21. The molecule has 0 unspecified atom stereocenters. The largest absolute Gasteiger partial charge is 0.372 e. The van der Waals surface area contributed by atoms with E-state index in [1.54, 1.807) is 0 Å². The molecule has 0 amide bonds. The number of benzene rings is 2. The van der Waals surface area contributed by atoms with Crippen LogP contribution in [-0.4, -0.2) is 22.6 Å². The second-order valence-corrected chi connectivity index (χ2v) is 5.92. The number of nitrogens with zero attached hydrogens (tertiary/aromatic N) is 3. The predicted octanol–water partition coefficient (Wildman–Crippen LogP) is 5.04. The van der Waals surface area contributed by atoms with E-state index in [1.165, 1.54) is 11.2 Å². The van der Waals surface area contributed by atoms with Crippen LogP contribution in [0.4, 0.5) is 17.3 Å². The second-order valence-electron chi connectivity index (χ2n) is 5.92. The van der Waals surface area contributed by atoms with E-state index in [0.29, 0.717) is 0 Å². The van der Waals surface area contributed by atoms with Crippen molar-refractivity contribution in [2.45, 2.75) is 33.7 Å². The van der Waals surface area contributed by atoms with Crippen LogP contribution in [0.2, 0.25) is 0 Å². The van der Waals surface area contributed by atoms with Crippen LogP contribution in [-0.2, 0) is 6.54 Å². The van der Waals surface area contributed by atoms with Gasteiger partial charge in [-0.3, -0.25) is 0 Å². The summed E-state index contributed by atoms with van der Waals surface area (Å²) in [7, 11) is 0. The Morgan fingerprint density at radius 2 is 1.67 bits per heavy atom. The summed E-state index contributed by atoms with van der Waals surface area (Å²) >= 11 is 0. The highest BCUT2D eigenvalue weighted by Gasteiger charge is 2.10. The maximum Gasteiger partial charge on any atom is 0.208 e. The molecule has 1 N–H and O–H groups in total. The molecule has 0 aliphatic rings. The van der Waals surface area contributed by atoms with Crippen LogP contribution in [0.1, 0.15) is 27.2 Å². The summed E-state index contributed by atoms with van der Waals surface area (Å²) in [4.78, 5) is 7.10. The Kier molecular flexibility index (Phi) is 5.04. The number of hydrogen-bond acceptors (Lipinski definition) is 3. The summed E-state index contributed by atoms with van der Waals surface area (Å²) in [5, 5.41) is 3.48. The number of anilines is 3. The summed E-state index contributed by atoms with van der Waals surface area (Å²) in [5.41, 5.74) is 4.54. The molecule has 0 aliphatic carbocycles. The van der Waals surface area contributed by atoms with Gasteiger partial charge in [0.05, 0.1) is 11.0 Å². The zero-order valence-corrected chi connectivity index (χ0v) is 14.8. The van der Waals surface area contributed by atoms with Gasteiger partial charge in [-0.1, -0.05) is 19.1 Å². The SMILES string of the molecule is CCCn1c(Nc2ccc(N(CC)CC)cc2)nc2ccccc21. The van der Waals surface area contributed by atoms with Crippen molar-refractivity contribution in [3.63, 3.8) is 0 Å². The monoisotopic (exact) mass is 322 g/mol. The molecule has 0 saturated heterocycles. The van der Waals surface area contributed by atoms with E-state index in [1.807, 2.05) is 6.07 Å². The molecule has 3 rings (SSSR count). The van der Waals surface area contributed by atoms with Crippen LogP contribution >= 0.6 is 0 Å². The van der Waals surface area contributed by atoms with E-state index in [9.17, 15) is 0 Å². The van der Waals surface area contributed by atoms with Crippen LogP contribution in [0.25, 0.3) is 11.0 Å². The molecule has 2 aromatic carbocycles. The van der Waals surface area contributed by atoms with Gasteiger partial charge in [-0.05, 0) is 56.7 Å². The van der Waals surface area contributed by atoms with Crippen molar-refractivity contribution < 1.29 is 0 Å². The molecule has 126 valence electrons. The number of aromatic nitrogens is 2. The summed E-state index contributed by atoms with van der Waals surface area (Å²) < 4.78 is 2.26. The lowest BCUT2D eigenvalue weighted by atomic mass is 10.2. The standard InChI is InChI=1S/C20H26N4/c1-4-15-24-19-10-8-7-9-18(19)22-20(24)21-16-11-13-17(14-12-16)23(5-2)6-3/h7-14H,4-6,15H2,1-3H3,(H,21,22). The Hall–Kier alpha value is -2.49. The van der Waals surface area contributed by atoms with Crippen molar-refractivity contribution in [2.24, 2.45) is 0 Å². The Balaban J connectivity index is 1.88. The third-order valence-corrected chi connectivity index (χ3v) is 4.35. The predicted molar refractivity (Wildman–Crippen MR) is 103 cm³/mol. The average molecular weight is 322 g/mol. The lowest BCUT2D eigenvalue weighted by Gasteiger charge is -2.21. The third-order valence-electron chi connectivity index (χ3n) is 4.35. The molecule has 0 aliphatic heterocycles. The number of rotatable bonds is 7. The van der Waals surface area contributed by atoms with Crippen molar-refractivity contribution >= 4 is 28.4 Å². The number of imidazole rings is 1. The van der Waals surface area contributed by atoms with Gasteiger partial charge in [0.15, 0.2) is 0 Å². The Bertz CT molecular complexity index is 785. The molecule has 3 aromatic rings. The minimum atomic E-state index is 0.911. The smallest absolute Gasteiger partial charge is 0.208 e. The molecular formula is C20H26N4. The fraction of sp³-hybridized carbons (Fsp3) is 0.350. The molecule has 0 radical (unpaired) electrons. The topological polar surface area (TPSA) is 33.1 Å². The van der Waals surface area contributed by atoms with Crippen molar-refractivity contribution in [3.8, 4) is 0 Å². The third kappa shape index (κ3) is 3.23. The van der Waals surface area contributed by atoms with Gasteiger partial charge in [0.2, 0.25) is 5.95 Å². The van der Waals surface area contributed by atoms with E-state index in [-0.39, 0.29) is 0 Å². The van der Waals surface area contributed by atoms with Gasteiger partial charge in [0.25, 0.3) is 0 Å². The van der Waals surface area contributed by atoms with E-state index in [2.05, 4.69) is 78.0 Å². The Morgan fingerprint density at radius 1 is 0.958 bits per heavy atom. The molecule has 1 aromatic heterocycles. The van der Waals surface area contributed by atoms with Gasteiger partial charge in [0.1, 0.15) is 0 Å². The summed E-state index contributed by atoms with van der Waals surface area (Å²) in [6, 6.07) is 16.9. The first kappa shape index (κ1) is 16.4. The van der Waals surface area contributed by atoms with Crippen molar-refractivity contribution in [2.75, 3.05) is 23.3 Å². The molecule has 1 heterocycles. The highest BCUT2D eigenvalue weighted by molar-refractivity contribution is 5.79. The molecule has 4 nitrogen and oxygen atoms in total. The normalized spacial score (nSPS) is 11.0. The Morgan fingerprint density at radius 3 is 2.33 bits per heavy atom. The first-order valence-electron chi connectivity index (χ1n) is 8.84. The zero-order valence-electron chi connectivity index (χ0n) is 14.8. The molecule has 0 fully saturated rings. The highest BCUT2D eigenvalue weighted by Crippen LogP contribution is 2.24. The number of hydrogen-bond donors (Lipinski definition) is 1. The first-order chi connectivity index (χ1) is 11.8. The second kappa shape index (κ2) is 7.39.